The van der Waals surface area contributed by atoms with Gasteiger partial charge in [-0.2, -0.15) is 5.10 Å². The van der Waals surface area contributed by atoms with E-state index in [9.17, 15) is 13.2 Å². The summed E-state index contributed by atoms with van der Waals surface area (Å²) >= 11 is 0. The van der Waals surface area contributed by atoms with Gasteiger partial charge in [-0.25, -0.2) is 22.9 Å². The third-order valence-electron chi connectivity index (χ3n) is 4.06. The molecule has 0 saturated carbocycles. The number of sulfone groups is 1. The SMILES string of the molecule is CS(=O)(=O)c1ccccc1-c1ccc2ncc(C(=O)Nc3ccccn3)n2n1. The molecule has 0 saturated heterocycles. The molecule has 4 rings (SSSR count). The number of benzene rings is 1. The van der Waals surface area contributed by atoms with Crippen LogP contribution in [0.25, 0.3) is 16.9 Å². The van der Waals surface area contributed by atoms with Crippen LogP contribution in [0.4, 0.5) is 5.82 Å². The molecule has 1 aromatic carbocycles. The molecule has 1 amide bonds. The number of aromatic nitrogens is 4. The molecule has 1 N–H and O–H groups in total. The van der Waals surface area contributed by atoms with Crippen LogP contribution in [0.2, 0.25) is 0 Å². The monoisotopic (exact) mass is 393 g/mol. The van der Waals surface area contributed by atoms with Crippen molar-refractivity contribution in [3.05, 3.63) is 72.7 Å². The van der Waals surface area contributed by atoms with Crippen LogP contribution in [0.5, 0.6) is 0 Å². The quantitative estimate of drug-likeness (QED) is 0.571. The van der Waals surface area contributed by atoms with Crippen molar-refractivity contribution >= 4 is 27.2 Å². The number of hydrogen-bond donors (Lipinski definition) is 1. The summed E-state index contributed by atoms with van der Waals surface area (Å²) in [5, 5.41) is 7.14. The van der Waals surface area contributed by atoms with Crippen molar-refractivity contribution in [2.45, 2.75) is 4.90 Å². The van der Waals surface area contributed by atoms with Gasteiger partial charge in [0.15, 0.2) is 21.2 Å². The van der Waals surface area contributed by atoms with Gasteiger partial charge in [0.25, 0.3) is 5.91 Å². The van der Waals surface area contributed by atoms with Gasteiger partial charge in [0.2, 0.25) is 0 Å². The lowest BCUT2D eigenvalue weighted by atomic mass is 10.1. The molecule has 140 valence electrons. The number of hydrogen-bond acceptors (Lipinski definition) is 6. The van der Waals surface area contributed by atoms with Crippen molar-refractivity contribution in [3.63, 3.8) is 0 Å². The van der Waals surface area contributed by atoms with E-state index < -0.39 is 15.7 Å². The number of fused-ring (bicyclic) bond motifs is 1. The highest BCUT2D eigenvalue weighted by atomic mass is 32.2. The number of nitrogens with zero attached hydrogens (tertiary/aromatic N) is 4. The first-order valence-corrected chi connectivity index (χ1v) is 10.2. The molecule has 3 heterocycles. The number of carbonyl (C=O) groups excluding carboxylic acids is 1. The van der Waals surface area contributed by atoms with E-state index in [1.807, 2.05) is 0 Å². The maximum absolute atomic E-state index is 12.6. The van der Waals surface area contributed by atoms with Gasteiger partial charge in [-0.15, -0.1) is 0 Å². The highest BCUT2D eigenvalue weighted by molar-refractivity contribution is 7.90. The molecule has 0 radical (unpaired) electrons. The minimum absolute atomic E-state index is 0.168. The third-order valence-corrected chi connectivity index (χ3v) is 5.22. The Balaban J connectivity index is 1.79. The minimum Gasteiger partial charge on any atom is -0.305 e. The summed E-state index contributed by atoms with van der Waals surface area (Å²) < 4.78 is 25.6. The largest absolute Gasteiger partial charge is 0.305 e. The number of carbonyl (C=O) groups is 1. The van der Waals surface area contributed by atoms with Crippen molar-refractivity contribution < 1.29 is 13.2 Å². The number of imidazole rings is 1. The Bertz CT molecular complexity index is 1280. The predicted molar refractivity (Wildman–Crippen MR) is 104 cm³/mol. The molecule has 0 atom stereocenters. The fourth-order valence-electron chi connectivity index (χ4n) is 2.79. The smallest absolute Gasteiger partial charge is 0.277 e. The van der Waals surface area contributed by atoms with Crippen LogP contribution in [0.3, 0.4) is 0 Å². The fraction of sp³-hybridized carbons (Fsp3) is 0.0526. The van der Waals surface area contributed by atoms with Gasteiger partial charge in [-0.3, -0.25) is 4.79 Å². The lowest BCUT2D eigenvalue weighted by Crippen LogP contribution is -2.16. The average Bonchev–Trinajstić information content (AvgIpc) is 3.11. The van der Waals surface area contributed by atoms with Crippen LogP contribution in [0.15, 0.2) is 71.9 Å². The van der Waals surface area contributed by atoms with Crippen LogP contribution in [0.1, 0.15) is 10.5 Å². The van der Waals surface area contributed by atoms with Crippen molar-refractivity contribution in [3.8, 4) is 11.3 Å². The van der Waals surface area contributed by atoms with Crippen LogP contribution in [0, 0.1) is 0 Å². The summed E-state index contributed by atoms with van der Waals surface area (Å²) in [4.78, 5) is 21.0. The summed E-state index contributed by atoms with van der Waals surface area (Å²) in [6, 6.07) is 15.1. The molecule has 9 heteroatoms. The Morgan fingerprint density at radius 2 is 1.79 bits per heavy atom. The summed E-state index contributed by atoms with van der Waals surface area (Å²) in [5.74, 6) is -0.0201. The van der Waals surface area contributed by atoms with Crippen molar-refractivity contribution in [1.82, 2.24) is 19.6 Å². The standard InChI is InChI=1S/C19H15N5O3S/c1-28(26,27)16-7-3-2-6-13(16)14-9-10-18-21-12-15(24(18)23-14)19(25)22-17-8-4-5-11-20-17/h2-12H,1H3,(H,20,22,25). The summed E-state index contributed by atoms with van der Waals surface area (Å²) in [6.45, 7) is 0. The maximum atomic E-state index is 12.6. The predicted octanol–water partition coefficient (Wildman–Crippen LogP) is 2.45. The highest BCUT2D eigenvalue weighted by Crippen LogP contribution is 2.26. The Kier molecular flexibility index (Phi) is 4.36. The van der Waals surface area contributed by atoms with Crippen LogP contribution in [-0.2, 0) is 9.84 Å². The Morgan fingerprint density at radius 3 is 2.54 bits per heavy atom. The number of anilines is 1. The zero-order chi connectivity index (χ0) is 19.7. The summed E-state index contributed by atoms with van der Waals surface area (Å²) in [6.07, 6.45) is 4.13. The molecular weight excluding hydrogens is 378 g/mol. The lowest BCUT2D eigenvalue weighted by molar-refractivity contribution is 0.102. The van der Waals surface area contributed by atoms with E-state index in [1.165, 1.54) is 16.8 Å². The van der Waals surface area contributed by atoms with Crippen molar-refractivity contribution in [2.24, 2.45) is 0 Å². The van der Waals surface area contributed by atoms with E-state index in [1.54, 1.807) is 54.7 Å². The molecule has 0 fully saturated rings. The first-order valence-electron chi connectivity index (χ1n) is 8.30. The summed E-state index contributed by atoms with van der Waals surface area (Å²) in [7, 11) is -3.44. The van der Waals surface area contributed by atoms with Crippen molar-refractivity contribution in [2.75, 3.05) is 11.6 Å². The van der Waals surface area contributed by atoms with Gasteiger partial charge in [-0.1, -0.05) is 24.3 Å². The first kappa shape index (κ1) is 17.8. The minimum atomic E-state index is -3.44. The van der Waals surface area contributed by atoms with E-state index in [0.717, 1.165) is 6.26 Å². The van der Waals surface area contributed by atoms with Gasteiger partial charge in [-0.05, 0) is 30.3 Å². The van der Waals surface area contributed by atoms with Crippen LogP contribution in [-0.4, -0.2) is 40.2 Å². The Hall–Kier alpha value is -3.59. The average molecular weight is 393 g/mol. The normalized spacial score (nSPS) is 11.5. The molecule has 28 heavy (non-hydrogen) atoms. The van der Waals surface area contributed by atoms with Gasteiger partial charge < -0.3 is 5.32 Å². The Labute approximate surface area is 160 Å². The third kappa shape index (κ3) is 3.35. The fourth-order valence-corrected chi connectivity index (χ4v) is 3.69. The molecule has 0 aliphatic rings. The zero-order valence-electron chi connectivity index (χ0n) is 14.8. The molecule has 8 nitrogen and oxygen atoms in total. The van der Waals surface area contributed by atoms with E-state index >= 15 is 0 Å². The first-order chi connectivity index (χ1) is 13.4. The second-order valence-corrected chi connectivity index (χ2v) is 8.05. The number of pyridine rings is 1. The Morgan fingerprint density at radius 1 is 1.00 bits per heavy atom. The molecule has 0 bridgehead atoms. The van der Waals surface area contributed by atoms with Crippen LogP contribution >= 0.6 is 0 Å². The molecule has 4 aromatic rings. The number of amides is 1. The molecule has 0 spiro atoms. The molecule has 3 aromatic heterocycles. The second-order valence-electron chi connectivity index (χ2n) is 6.07. The van der Waals surface area contributed by atoms with Gasteiger partial charge in [0.1, 0.15) is 5.82 Å². The van der Waals surface area contributed by atoms with E-state index in [4.69, 9.17) is 0 Å². The number of nitrogens with one attached hydrogen (secondary N) is 1. The van der Waals surface area contributed by atoms with Gasteiger partial charge in [0.05, 0.1) is 16.8 Å². The van der Waals surface area contributed by atoms with Gasteiger partial charge in [0, 0.05) is 18.0 Å². The molecular formula is C19H15N5O3S. The molecule has 0 aliphatic heterocycles. The second kappa shape index (κ2) is 6.86. The van der Waals surface area contributed by atoms with Crippen molar-refractivity contribution in [1.29, 1.82) is 0 Å². The number of rotatable bonds is 4. The zero-order valence-corrected chi connectivity index (χ0v) is 15.6. The van der Waals surface area contributed by atoms with E-state index in [-0.39, 0.29) is 10.6 Å². The lowest BCUT2D eigenvalue weighted by Gasteiger charge is -2.08. The topological polar surface area (TPSA) is 106 Å². The van der Waals surface area contributed by atoms with Gasteiger partial charge >= 0.3 is 0 Å². The molecule has 0 aliphatic carbocycles. The summed E-state index contributed by atoms with van der Waals surface area (Å²) in [5.41, 5.74) is 1.54. The maximum Gasteiger partial charge on any atom is 0.277 e. The highest BCUT2D eigenvalue weighted by Gasteiger charge is 2.18. The van der Waals surface area contributed by atoms with E-state index in [0.29, 0.717) is 22.7 Å². The van der Waals surface area contributed by atoms with Crippen LogP contribution < -0.4 is 5.32 Å². The molecule has 0 unspecified atom stereocenters. The van der Waals surface area contributed by atoms with E-state index in [2.05, 4.69) is 20.4 Å².